The zero-order valence-electron chi connectivity index (χ0n) is 21.2. The van der Waals surface area contributed by atoms with Crippen LogP contribution >= 0.6 is 74.5 Å². The molecule has 174 valence electrons. The predicted octanol–water partition coefficient (Wildman–Crippen LogP) is -2.70. The summed E-state index contributed by atoms with van der Waals surface area (Å²) >= 11 is 11.0. The summed E-state index contributed by atoms with van der Waals surface area (Å²) < 4.78 is 26.3. The first-order chi connectivity index (χ1) is 15.6. The molecule has 0 heterocycles. The molecule has 0 aromatic carbocycles. The Bertz CT molecular complexity index is 228. The first-order valence-corrected chi connectivity index (χ1v) is 39.1. The van der Waals surface area contributed by atoms with E-state index >= 15 is 0 Å². The zero-order valence-corrected chi connectivity index (χ0v) is 34.5. The molecule has 4 radical (unpaired) electrons. The summed E-state index contributed by atoms with van der Waals surface area (Å²) in [6.45, 7) is 6.18. The molecule has 12 heteroatoms. The van der Waals surface area contributed by atoms with Crippen LogP contribution in [0.2, 0.25) is 26.2 Å². The molecule has 28 heavy (non-hydrogen) atoms. The first kappa shape index (κ1) is 34.1. The van der Waals surface area contributed by atoms with E-state index in [0.717, 1.165) is 6.42 Å². The van der Waals surface area contributed by atoms with E-state index in [2.05, 4.69) is 91.7 Å². The molecule has 0 aromatic heterocycles. The van der Waals surface area contributed by atoms with E-state index in [1.165, 1.54) is 57.6 Å². The van der Waals surface area contributed by atoms with Crippen molar-refractivity contribution in [3.8, 4) is 0 Å². The molecule has 0 unspecified atom stereocenters. The summed E-state index contributed by atoms with van der Waals surface area (Å²) in [4.78, 5) is 0. The molecule has 0 aromatic rings. The molecule has 0 aliphatic rings. The fourth-order valence-corrected chi connectivity index (χ4v) is 5.82. The number of halogens is 8. The van der Waals surface area contributed by atoms with Gasteiger partial charge >= 0.3 is 259 Å². The minimum atomic E-state index is 0.265. The van der Waals surface area contributed by atoms with Gasteiger partial charge in [-0.15, -0.1) is 0 Å². The van der Waals surface area contributed by atoms with Crippen molar-refractivity contribution in [2.24, 2.45) is 0 Å². The van der Waals surface area contributed by atoms with E-state index in [4.69, 9.17) is 5.48 Å². The second-order valence-electron chi connectivity index (χ2n) is 4.50. The molecule has 0 nitrogen and oxygen atoms in total. The zero-order chi connectivity index (χ0) is 25.6. The van der Waals surface area contributed by atoms with Gasteiger partial charge in [0.25, 0.3) is 0 Å². The van der Waals surface area contributed by atoms with Gasteiger partial charge in [-0.3, -0.25) is 0 Å². The molecule has 0 amide bonds. The maximum absolute atomic E-state index is 6.95. The van der Waals surface area contributed by atoms with Crippen molar-refractivity contribution in [3.05, 3.63) is 0 Å². The van der Waals surface area contributed by atoms with Gasteiger partial charge in [-0.25, -0.2) is 0 Å². The van der Waals surface area contributed by atoms with Gasteiger partial charge in [-0.05, 0) is 0 Å². The normalized spacial score (nSPS) is 10.6. The molecule has 0 fully saturated rings. The van der Waals surface area contributed by atoms with Crippen LogP contribution in [0.15, 0.2) is 0 Å². The van der Waals surface area contributed by atoms with E-state index < -0.39 is 0 Å². The molecule has 0 atom stereocenters. The summed E-state index contributed by atoms with van der Waals surface area (Å²) in [7, 11) is 0. The van der Waals surface area contributed by atoms with Crippen molar-refractivity contribution in [3.63, 3.8) is 0 Å². The van der Waals surface area contributed by atoms with Crippen LogP contribution in [0.25, 0.3) is 0 Å². The molecule has 0 saturated heterocycles. The van der Waals surface area contributed by atoms with Crippen LogP contribution in [0.1, 0.15) is 84.5 Å². The van der Waals surface area contributed by atoms with Crippen LogP contribution in [-0.4, -0.2) is 20.5 Å². The fraction of sp³-hybridized carbons (Fsp3) is 1.00. The SMILES string of the molecule is CCCCC[B][I-]I.[2H]CC.[2H]CCCCCCC[B][I-]I.[2H]C[B][I-]I.[2H]C[B][I-]I. The third kappa shape index (κ3) is 76.8. The van der Waals surface area contributed by atoms with Crippen molar-refractivity contribution in [1.82, 2.24) is 0 Å². The van der Waals surface area contributed by atoms with Crippen molar-refractivity contribution in [1.29, 1.82) is 0 Å². The second-order valence-corrected chi connectivity index (χ2v) is 22.5. The van der Waals surface area contributed by atoms with E-state index in [1.54, 1.807) is 6.92 Å². The first-order valence-electron chi connectivity index (χ1n) is 11.8. The molecule has 0 saturated carbocycles. The Labute approximate surface area is 267 Å². The van der Waals surface area contributed by atoms with Gasteiger partial charge < -0.3 is 0 Å². The summed E-state index contributed by atoms with van der Waals surface area (Å²) in [6.07, 6.45) is 13.3. The molecule has 0 N–H and O–H groups in total. The molecule has 0 bridgehead atoms. The van der Waals surface area contributed by atoms with Crippen molar-refractivity contribution in [2.45, 2.75) is 105 Å². The fourth-order valence-electron chi connectivity index (χ4n) is 1.31. The standard InChI is InChI=1S/C7H15BI2.C5H11BI2.C2H6.2CH3BI2/c1-2-3-4-5-6-7-8-10-9;1-2-3-4-5-6-8-7;1-2;2*1-2-4-3/h2-7H2,1H3;2-5H2,1H3;1-2H3;2*1H3/q2*-1;;2*-1/i1D;;3*1D. The Hall–Kier alpha value is 6.10. The quantitative estimate of drug-likeness (QED) is 0.101. The van der Waals surface area contributed by atoms with Gasteiger partial charge in [0.15, 0.2) is 0 Å². The van der Waals surface area contributed by atoms with Crippen molar-refractivity contribution in [2.75, 3.05) is 0 Å². The van der Waals surface area contributed by atoms with E-state index in [1.807, 2.05) is 10.3 Å². The molecular formula is C16H38B4I8-4. The number of unbranched alkanes of at least 4 members (excludes halogenated alkanes) is 6. The van der Waals surface area contributed by atoms with E-state index in [9.17, 15) is 0 Å². The summed E-state index contributed by atoms with van der Waals surface area (Å²) in [5.41, 5.74) is 0. The molecule has 0 aliphatic carbocycles. The van der Waals surface area contributed by atoms with Crippen molar-refractivity contribution >= 4 is 95.0 Å². The Morgan fingerprint density at radius 3 is 1.43 bits per heavy atom. The summed E-state index contributed by atoms with van der Waals surface area (Å²) in [5, 5.41) is 8.93. The predicted molar refractivity (Wildman–Crippen MR) is 160 cm³/mol. The Morgan fingerprint density at radius 2 is 1.11 bits per heavy atom. The molecule has 0 rings (SSSR count). The topological polar surface area (TPSA) is 0 Å². The second kappa shape index (κ2) is 58.7. The average molecular weight is 1290 g/mol. The molecule has 0 spiro atoms. The van der Waals surface area contributed by atoms with Gasteiger partial charge in [0, 0.05) is 1.37 Å². The number of rotatable bonds is 14. The Morgan fingerprint density at radius 1 is 0.679 bits per heavy atom. The monoisotopic (exact) mass is 1290 g/mol. The summed E-state index contributed by atoms with van der Waals surface area (Å²) in [5.74, 6) is 0. The Balaban J connectivity index is -0.000000102. The van der Waals surface area contributed by atoms with Crippen LogP contribution < -0.4 is 68.1 Å². The van der Waals surface area contributed by atoms with Crippen LogP contribution in [0.3, 0.4) is 0 Å². The molecule has 0 aliphatic heterocycles. The van der Waals surface area contributed by atoms with E-state index in [0.29, 0.717) is 61.4 Å². The number of hydrogen-bond donors (Lipinski definition) is 0. The minimum absolute atomic E-state index is 0.265. The van der Waals surface area contributed by atoms with Crippen LogP contribution in [0, 0.1) is 0 Å². The van der Waals surface area contributed by atoms with Gasteiger partial charge in [0.05, 0.1) is 0 Å². The number of hydrogen-bond acceptors (Lipinski definition) is 0. The van der Waals surface area contributed by atoms with Gasteiger partial charge in [0.2, 0.25) is 0 Å². The van der Waals surface area contributed by atoms with Crippen LogP contribution in [0.4, 0.5) is 0 Å². The van der Waals surface area contributed by atoms with Crippen molar-refractivity contribution < 1.29 is 73.5 Å². The molecular weight excluding hydrogens is 1250 g/mol. The summed E-state index contributed by atoms with van der Waals surface area (Å²) in [6, 6.07) is 0. The van der Waals surface area contributed by atoms with Gasteiger partial charge in [-0.1, -0.05) is 13.8 Å². The van der Waals surface area contributed by atoms with Crippen LogP contribution in [-0.2, 0) is 0 Å². The average Bonchev–Trinajstić information content (AvgIpc) is 2.79. The van der Waals surface area contributed by atoms with E-state index in [-0.39, 0.29) is 34.0 Å². The Kier molecular flexibility index (Phi) is 71.5. The maximum atomic E-state index is 6.95. The third-order valence-electron chi connectivity index (χ3n) is 2.46. The van der Waals surface area contributed by atoms with Crippen LogP contribution in [0.5, 0.6) is 0 Å². The van der Waals surface area contributed by atoms with Gasteiger partial charge in [-0.2, -0.15) is 0 Å². The van der Waals surface area contributed by atoms with Gasteiger partial charge in [0.1, 0.15) is 0 Å². The third-order valence-corrected chi connectivity index (χ3v) is 14.0.